The highest BCUT2D eigenvalue weighted by Crippen LogP contribution is 2.19. The molecule has 0 radical (unpaired) electrons. The highest BCUT2D eigenvalue weighted by molar-refractivity contribution is 5.79. The molecule has 0 bridgehead atoms. The van der Waals surface area contributed by atoms with Gasteiger partial charge in [-0.3, -0.25) is 9.69 Å². The van der Waals surface area contributed by atoms with Gasteiger partial charge in [-0.05, 0) is 6.42 Å². The van der Waals surface area contributed by atoms with Crippen molar-refractivity contribution in [1.82, 2.24) is 4.90 Å². The summed E-state index contributed by atoms with van der Waals surface area (Å²) < 4.78 is 5.30. The van der Waals surface area contributed by atoms with Gasteiger partial charge < -0.3 is 10.5 Å². The van der Waals surface area contributed by atoms with E-state index in [9.17, 15) is 4.79 Å². The van der Waals surface area contributed by atoms with Crippen LogP contribution in [0, 0.1) is 0 Å². The van der Waals surface area contributed by atoms with Crippen molar-refractivity contribution < 1.29 is 9.53 Å². The molecular weight excluding hydrogens is 180 g/mol. The van der Waals surface area contributed by atoms with Gasteiger partial charge in [0, 0.05) is 38.4 Å². The number of carbonyl (C=O) groups excluding carboxylic acids is 1. The van der Waals surface area contributed by atoms with Crippen LogP contribution in [0.3, 0.4) is 0 Å². The number of ether oxygens (including phenoxy) is 1. The minimum absolute atomic E-state index is 0.105. The molecule has 0 aromatic rings. The summed E-state index contributed by atoms with van der Waals surface area (Å²) in [5, 5.41) is 0. The molecule has 0 spiro atoms. The van der Waals surface area contributed by atoms with Gasteiger partial charge in [-0.25, -0.2) is 0 Å². The van der Waals surface area contributed by atoms with Crippen molar-refractivity contribution in [2.75, 3.05) is 19.7 Å². The van der Waals surface area contributed by atoms with Gasteiger partial charge in [0.15, 0.2) is 0 Å². The van der Waals surface area contributed by atoms with Gasteiger partial charge in [-0.1, -0.05) is 0 Å². The molecule has 2 rings (SSSR count). The average molecular weight is 198 g/mol. The van der Waals surface area contributed by atoms with Crippen LogP contribution in [0.4, 0.5) is 0 Å². The molecule has 4 nitrogen and oxygen atoms in total. The fourth-order valence-corrected chi connectivity index (χ4v) is 2.28. The minimum atomic E-state index is -0.105. The van der Waals surface area contributed by atoms with Crippen molar-refractivity contribution in [3.8, 4) is 0 Å². The maximum atomic E-state index is 11.1. The Balaban J connectivity index is 1.85. The standard InChI is InChI=1S/C10H18N2O2/c11-10-7-8(3-6-14-10)12-4-1-9(13)2-5-12/h8,10H,1-7,11H2. The van der Waals surface area contributed by atoms with Crippen molar-refractivity contribution in [3.63, 3.8) is 0 Å². The molecule has 2 aliphatic heterocycles. The van der Waals surface area contributed by atoms with Gasteiger partial charge in [0.1, 0.15) is 12.0 Å². The van der Waals surface area contributed by atoms with E-state index < -0.39 is 0 Å². The molecule has 80 valence electrons. The Morgan fingerprint density at radius 1 is 1.36 bits per heavy atom. The second kappa shape index (κ2) is 4.38. The summed E-state index contributed by atoms with van der Waals surface area (Å²) in [6.07, 6.45) is 3.29. The van der Waals surface area contributed by atoms with Crippen molar-refractivity contribution in [1.29, 1.82) is 0 Å². The fourth-order valence-electron chi connectivity index (χ4n) is 2.28. The molecule has 0 amide bonds. The van der Waals surface area contributed by atoms with E-state index in [-0.39, 0.29) is 6.23 Å². The first-order valence-electron chi connectivity index (χ1n) is 5.38. The highest BCUT2D eigenvalue weighted by atomic mass is 16.5. The Kier molecular flexibility index (Phi) is 3.15. The van der Waals surface area contributed by atoms with Crippen LogP contribution in [0.15, 0.2) is 0 Å². The Morgan fingerprint density at radius 3 is 2.71 bits per heavy atom. The summed E-state index contributed by atoms with van der Waals surface area (Å²) in [7, 11) is 0. The number of rotatable bonds is 1. The Labute approximate surface area is 84.4 Å². The van der Waals surface area contributed by atoms with Gasteiger partial charge in [-0.15, -0.1) is 0 Å². The maximum Gasteiger partial charge on any atom is 0.135 e. The van der Waals surface area contributed by atoms with Crippen molar-refractivity contribution >= 4 is 5.78 Å². The van der Waals surface area contributed by atoms with Crippen LogP contribution >= 0.6 is 0 Å². The number of piperidine rings is 1. The Morgan fingerprint density at radius 2 is 2.07 bits per heavy atom. The van der Waals surface area contributed by atoms with Crippen LogP contribution in [-0.4, -0.2) is 42.6 Å². The minimum Gasteiger partial charge on any atom is -0.363 e. The Hall–Kier alpha value is -0.450. The first-order valence-corrected chi connectivity index (χ1v) is 5.38. The molecular formula is C10H18N2O2. The number of carbonyl (C=O) groups is 1. The number of nitrogens with two attached hydrogens (primary N) is 1. The Bertz CT molecular complexity index is 210. The van der Waals surface area contributed by atoms with Crippen molar-refractivity contribution in [2.24, 2.45) is 5.73 Å². The van der Waals surface area contributed by atoms with E-state index in [1.807, 2.05) is 0 Å². The molecule has 0 saturated carbocycles. The third kappa shape index (κ3) is 2.32. The van der Waals surface area contributed by atoms with Gasteiger partial charge in [0.2, 0.25) is 0 Å². The molecule has 0 aromatic heterocycles. The van der Waals surface area contributed by atoms with Crippen LogP contribution < -0.4 is 5.73 Å². The van der Waals surface area contributed by atoms with Gasteiger partial charge >= 0.3 is 0 Å². The number of likely N-dealkylation sites (tertiary alicyclic amines) is 1. The van der Waals surface area contributed by atoms with E-state index in [4.69, 9.17) is 10.5 Å². The second-order valence-corrected chi connectivity index (χ2v) is 4.16. The van der Waals surface area contributed by atoms with Crippen LogP contribution in [0.2, 0.25) is 0 Å². The van der Waals surface area contributed by atoms with Gasteiger partial charge in [0.05, 0.1) is 6.61 Å². The third-order valence-corrected chi connectivity index (χ3v) is 3.16. The zero-order valence-electron chi connectivity index (χ0n) is 8.45. The molecule has 2 aliphatic rings. The summed E-state index contributed by atoms with van der Waals surface area (Å²) >= 11 is 0. The third-order valence-electron chi connectivity index (χ3n) is 3.16. The molecule has 2 atom stereocenters. The van der Waals surface area contributed by atoms with Gasteiger partial charge in [0.25, 0.3) is 0 Å². The number of hydrogen-bond acceptors (Lipinski definition) is 4. The first-order chi connectivity index (χ1) is 6.75. The molecule has 4 heteroatoms. The SMILES string of the molecule is NC1CC(N2CCC(=O)CC2)CCO1. The lowest BCUT2D eigenvalue weighted by Crippen LogP contribution is -2.48. The van der Waals surface area contributed by atoms with Crippen molar-refractivity contribution in [2.45, 2.75) is 38.0 Å². The maximum absolute atomic E-state index is 11.1. The van der Waals surface area contributed by atoms with E-state index in [0.717, 1.165) is 32.5 Å². The molecule has 2 fully saturated rings. The predicted octanol–water partition coefficient (Wildman–Crippen LogP) is 0.115. The number of Topliss-reactive ketones (excluding diaryl/α,β-unsaturated/α-hetero) is 1. The lowest BCUT2D eigenvalue weighted by molar-refractivity contribution is -0.122. The zero-order valence-corrected chi connectivity index (χ0v) is 8.45. The smallest absolute Gasteiger partial charge is 0.135 e. The normalized spacial score (nSPS) is 35.9. The topological polar surface area (TPSA) is 55.6 Å². The van der Waals surface area contributed by atoms with Crippen LogP contribution in [0.5, 0.6) is 0 Å². The summed E-state index contributed by atoms with van der Waals surface area (Å²) in [6, 6.07) is 0.534. The lowest BCUT2D eigenvalue weighted by Gasteiger charge is -2.38. The highest BCUT2D eigenvalue weighted by Gasteiger charge is 2.27. The number of ketones is 1. The average Bonchev–Trinajstić information content (AvgIpc) is 2.19. The summed E-state index contributed by atoms with van der Waals surface area (Å²) in [5.41, 5.74) is 5.74. The molecule has 0 aromatic carbocycles. The van der Waals surface area contributed by atoms with Gasteiger partial charge in [-0.2, -0.15) is 0 Å². The van der Waals surface area contributed by atoms with Crippen LogP contribution in [0.25, 0.3) is 0 Å². The van der Waals surface area contributed by atoms with Crippen LogP contribution in [-0.2, 0) is 9.53 Å². The molecule has 2 heterocycles. The zero-order chi connectivity index (χ0) is 9.97. The van der Waals surface area contributed by atoms with Crippen LogP contribution in [0.1, 0.15) is 25.7 Å². The first kappa shape index (κ1) is 10.1. The predicted molar refractivity (Wildman–Crippen MR) is 52.8 cm³/mol. The lowest BCUT2D eigenvalue weighted by atomic mass is 10.0. The molecule has 2 N–H and O–H groups in total. The molecule has 0 aliphatic carbocycles. The second-order valence-electron chi connectivity index (χ2n) is 4.16. The van der Waals surface area contributed by atoms with Crippen molar-refractivity contribution in [3.05, 3.63) is 0 Å². The summed E-state index contributed by atoms with van der Waals surface area (Å²) in [5.74, 6) is 0.401. The molecule has 2 saturated heterocycles. The fraction of sp³-hybridized carbons (Fsp3) is 0.900. The van der Waals surface area contributed by atoms with E-state index in [1.54, 1.807) is 0 Å². The number of nitrogens with zero attached hydrogens (tertiary/aromatic N) is 1. The quantitative estimate of drug-likeness (QED) is 0.650. The summed E-state index contributed by atoms with van der Waals surface area (Å²) in [6.45, 7) is 2.59. The van der Waals surface area contributed by atoms with E-state index in [0.29, 0.717) is 24.7 Å². The number of hydrogen-bond donors (Lipinski definition) is 1. The molecule has 2 unspecified atom stereocenters. The monoisotopic (exact) mass is 198 g/mol. The van der Waals surface area contributed by atoms with E-state index >= 15 is 0 Å². The summed E-state index contributed by atoms with van der Waals surface area (Å²) in [4.78, 5) is 13.5. The van der Waals surface area contributed by atoms with E-state index in [2.05, 4.69) is 4.90 Å². The molecule has 14 heavy (non-hydrogen) atoms. The largest absolute Gasteiger partial charge is 0.363 e. The van der Waals surface area contributed by atoms with E-state index in [1.165, 1.54) is 0 Å².